The molecule has 7 nitrogen and oxygen atoms in total. The van der Waals surface area contributed by atoms with Gasteiger partial charge in [0, 0.05) is 25.5 Å². The van der Waals surface area contributed by atoms with Crippen LogP contribution in [0, 0.1) is 5.92 Å². The fraction of sp³-hybridized carbons (Fsp3) is 0.464. The Labute approximate surface area is 207 Å². The zero-order chi connectivity index (χ0) is 24.0. The molecule has 2 heterocycles. The van der Waals surface area contributed by atoms with Gasteiger partial charge in [-0.1, -0.05) is 56.4 Å². The second-order valence-electron chi connectivity index (χ2n) is 9.86. The van der Waals surface area contributed by atoms with Crippen LogP contribution in [0.1, 0.15) is 68.5 Å². The lowest BCUT2D eigenvalue weighted by molar-refractivity contribution is -0.123. The van der Waals surface area contributed by atoms with Gasteiger partial charge >= 0.3 is 0 Å². The first-order valence-electron chi connectivity index (χ1n) is 13.0. The molecule has 0 aliphatic heterocycles. The van der Waals surface area contributed by atoms with Crippen molar-refractivity contribution in [1.29, 1.82) is 0 Å². The van der Waals surface area contributed by atoms with Gasteiger partial charge in [0.1, 0.15) is 17.7 Å². The quantitative estimate of drug-likeness (QED) is 0.417. The second kappa shape index (κ2) is 10.9. The zero-order valence-corrected chi connectivity index (χ0v) is 20.5. The number of nitrogens with one attached hydrogen (secondary N) is 3. The van der Waals surface area contributed by atoms with Gasteiger partial charge in [0.2, 0.25) is 11.9 Å². The molecule has 3 N–H and O–H groups in total. The second-order valence-corrected chi connectivity index (χ2v) is 9.86. The largest absolute Gasteiger partial charge is 0.358 e. The molecule has 1 fully saturated rings. The molecule has 3 aromatic rings. The third-order valence-corrected chi connectivity index (χ3v) is 7.42. The number of rotatable bonds is 8. The molecule has 0 saturated heterocycles. The molecule has 2 aromatic heterocycles. The maximum atomic E-state index is 13.7. The van der Waals surface area contributed by atoms with Crippen molar-refractivity contribution in [3.8, 4) is 5.82 Å². The molecule has 2 aliphatic rings. The minimum absolute atomic E-state index is 0.0596. The number of hydrogen-bond donors (Lipinski definition) is 3. The SMILES string of the molecule is CNc1nc(NC(CC2CCCCC2)C(=O)NC2CCCc3ccccc32)cc(-n2cccc2)n1. The summed E-state index contributed by atoms with van der Waals surface area (Å²) >= 11 is 0. The molecule has 1 amide bonds. The Kier molecular flexibility index (Phi) is 7.31. The van der Waals surface area contributed by atoms with Crippen molar-refractivity contribution in [2.45, 2.75) is 69.9 Å². The van der Waals surface area contributed by atoms with Crippen LogP contribution >= 0.6 is 0 Å². The lowest BCUT2D eigenvalue weighted by Gasteiger charge is -2.31. The summed E-state index contributed by atoms with van der Waals surface area (Å²) in [5, 5.41) is 9.94. The molecule has 0 bridgehead atoms. The molecule has 184 valence electrons. The van der Waals surface area contributed by atoms with Gasteiger partial charge in [-0.15, -0.1) is 0 Å². The van der Waals surface area contributed by atoms with Crippen LogP contribution in [0.2, 0.25) is 0 Å². The number of anilines is 2. The Morgan fingerprint density at radius 3 is 2.63 bits per heavy atom. The highest BCUT2D eigenvalue weighted by Crippen LogP contribution is 2.31. The van der Waals surface area contributed by atoms with Crippen LogP contribution in [0.25, 0.3) is 5.82 Å². The van der Waals surface area contributed by atoms with Gasteiger partial charge in [0.05, 0.1) is 6.04 Å². The Morgan fingerprint density at radius 1 is 1.03 bits per heavy atom. The molecule has 35 heavy (non-hydrogen) atoms. The van der Waals surface area contributed by atoms with Crippen LogP contribution in [0.4, 0.5) is 11.8 Å². The van der Waals surface area contributed by atoms with Gasteiger partial charge in [-0.25, -0.2) is 0 Å². The highest BCUT2D eigenvalue weighted by atomic mass is 16.2. The third kappa shape index (κ3) is 5.66. The van der Waals surface area contributed by atoms with Crippen molar-refractivity contribution in [1.82, 2.24) is 19.9 Å². The van der Waals surface area contributed by atoms with Crippen LogP contribution < -0.4 is 16.0 Å². The average molecular weight is 473 g/mol. The van der Waals surface area contributed by atoms with Crippen molar-refractivity contribution < 1.29 is 4.79 Å². The summed E-state index contributed by atoms with van der Waals surface area (Å²) in [6.45, 7) is 0. The predicted octanol–water partition coefficient (Wildman–Crippen LogP) is 5.25. The number of fused-ring (bicyclic) bond motifs is 1. The van der Waals surface area contributed by atoms with Crippen LogP contribution in [0.5, 0.6) is 0 Å². The summed E-state index contributed by atoms with van der Waals surface area (Å²) in [7, 11) is 1.81. The smallest absolute Gasteiger partial charge is 0.243 e. The van der Waals surface area contributed by atoms with Gasteiger partial charge in [-0.2, -0.15) is 9.97 Å². The van der Waals surface area contributed by atoms with Crippen molar-refractivity contribution in [3.05, 3.63) is 66.0 Å². The standard InChI is InChI=1S/C28H36N6O/c1-29-28-32-25(19-26(33-28)34-16-7-8-17-34)30-24(18-20-10-3-2-4-11-20)27(35)31-23-15-9-13-21-12-5-6-14-22(21)23/h5-8,12,14,16-17,19-20,23-24H,2-4,9-11,13,15,18H2,1H3,(H,31,35)(H2,29,30,32,33). The first kappa shape index (κ1) is 23.4. The Morgan fingerprint density at radius 2 is 1.83 bits per heavy atom. The first-order chi connectivity index (χ1) is 17.2. The molecular weight excluding hydrogens is 436 g/mol. The number of amides is 1. The normalized spacial score (nSPS) is 18.9. The summed E-state index contributed by atoms with van der Waals surface area (Å²) < 4.78 is 1.95. The van der Waals surface area contributed by atoms with Gasteiger partial charge in [-0.05, 0) is 54.9 Å². The van der Waals surface area contributed by atoms with Crippen LogP contribution in [0.3, 0.4) is 0 Å². The van der Waals surface area contributed by atoms with Crippen molar-refractivity contribution in [2.24, 2.45) is 5.92 Å². The van der Waals surface area contributed by atoms with E-state index in [4.69, 9.17) is 0 Å². The first-order valence-corrected chi connectivity index (χ1v) is 13.0. The number of nitrogens with zero attached hydrogens (tertiary/aromatic N) is 3. The van der Waals surface area contributed by atoms with E-state index < -0.39 is 0 Å². The van der Waals surface area contributed by atoms with Crippen LogP contribution in [-0.2, 0) is 11.2 Å². The average Bonchev–Trinajstić information content (AvgIpc) is 3.44. The monoisotopic (exact) mass is 472 g/mol. The van der Waals surface area contributed by atoms with Crippen molar-refractivity contribution in [3.63, 3.8) is 0 Å². The number of benzene rings is 1. The van der Waals surface area contributed by atoms with E-state index >= 15 is 0 Å². The molecule has 0 spiro atoms. The van der Waals surface area contributed by atoms with Crippen molar-refractivity contribution >= 4 is 17.7 Å². The molecule has 1 aromatic carbocycles. The van der Waals surface area contributed by atoms with Gasteiger partial charge in [-0.3, -0.25) is 4.79 Å². The summed E-state index contributed by atoms with van der Waals surface area (Å²) in [4.78, 5) is 22.9. The molecule has 5 rings (SSSR count). The maximum absolute atomic E-state index is 13.7. The number of aromatic nitrogens is 3. The minimum Gasteiger partial charge on any atom is -0.358 e. The Hall–Kier alpha value is -3.35. The Balaban J connectivity index is 1.38. The minimum atomic E-state index is -0.343. The highest BCUT2D eigenvalue weighted by molar-refractivity contribution is 5.85. The molecular formula is C28H36N6O. The molecule has 7 heteroatoms. The molecule has 2 unspecified atom stereocenters. The fourth-order valence-electron chi connectivity index (χ4n) is 5.58. The summed E-state index contributed by atoms with van der Waals surface area (Å²) in [6, 6.07) is 14.1. The van der Waals surface area contributed by atoms with E-state index in [0.717, 1.165) is 31.5 Å². The number of carbonyl (C=O) groups is 1. The summed E-state index contributed by atoms with van der Waals surface area (Å²) in [6.07, 6.45) is 14.1. The Bertz CT molecular complexity index is 1120. The predicted molar refractivity (Wildman–Crippen MR) is 140 cm³/mol. The number of carbonyl (C=O) groups excluding carboxylic acids is 1. The van der Waals surface area contributed by atoms with Crippen LogP contribution in [0.15, 0.2) is 54.9 Å². The summed E-state index contributed by atoms with van der Waals surface area (Å²) in [5.41, 5.74) is 2.62. The topological polar surface area (TPSA) is 83.9 Å². The molecule has 2 atom stereocenters. The van der Waals surface area contributed by atoms with Gasteiger partial charge in [0.15, 0.2) is 0 Å². The van der Waals surface area contributed by atoms with E-state index in [1.54, 1.807) is 0 Å². The molecule has 1 saturated carbocycles. The highest BCUT2D eigenvalue weighted by Gasteiger charge is 2.28. The lowest BCUT2D eigenvalue weighted by Crippen LogP contribution is -2.43. The van der Waals surface area contributed by atoms with Crippen molar-refractivity contribution in [2.75, 3.05) is 17.7 Å². The number of hydrogen-bond acceptors (Lipinski definition) is 5. The zero-order valence-electron chi connectivity index (χ0n) is 20.5. The van der Waals surface area contributed by atoms with Gasteiger partial charge in [0.25, 0.3) is 0 Å². The lowest BCUT2D eigenvalue weighted by atomic mass is 9.84. The van der Waals surface area contributed by atoms with E-state index in [0.29, 0.717) is 17.7 Å². The number of aryl methyl sites for hydroxylation is 1. The van der Waals surface area contributed by atoms with E-state index in [2.05, 4.69) is 50.2 Å². The van der Waals surface area contributed by atoms with Gasteiger partial charge < -0.3 is 20.5 Å². The maximum Gasteiger partial charge on any atom is 0.243 e. The van der Waals surface area contributed by atoms with E-state index in [9.17, 15) is 4.79 Å². The van der Waals surface area contributed by atoms with E-state index in [1.807, 2.05) is 42.2 Å². The fourth-order valence-corrected chi connectivity index (χ4v) is 5.58. The molecule has 0 radical (unpaired) electrons. The summed E-state index contributed by atoms with van der Waals surface area (Å²) in [5.74, 6) is 2.56. The van der Waals surface area contributed by atoms with E-state index in [-0.39, 0.29) is 18.0 Å². The molecule has 2 aliphatic carbocycles. The van der Waals surface area contributed by atoms with Crippen LogP contribution in [-0.4, -0.2) is 33.5 Å². The van der Waals surface area contributed by atoms with E-state index in [1.165, 1.54) is 43.2 Å². The third-order valence-electron chi connectivity index (χ3n) is 7.42.